The molecule has 0 radical (unpaired) electrons. The van der Waals surface area contributed by atoms with E-state index >= 15 is 0 Å². The van der Waals surface area contributed by atoms with Crippen molar-refractivity contribution in [3.05, 3.63) is 28.6 Å². The summed E-state index contributed by atoms with van der Waals surface area (Å²) in [5, 5.41) is 11.1. The van der Waals surface area contributed by atoms with Crippen LogP contribution >= 0.6 is 0 Å². The first kappa shape index (κ1) is 16.0. The van der Waals surface area contributed by atoms with E-state index in [0.717, 1.165) is 0 Å². The van der Waals surface area contributed by atoms with Crippen LogP contribution < -0.4 is 4.90 Å². The zero-order valence-corrected chi connectivity index (χ0v) is 13.0. The lowest BCUT2D eigenvalue weighted by Crippen LogP contribution is -2.50. The molecule has 0 atom stereocenters. The van der Waals surface area contributed by atoms with Crippen molar-refractivity contribution in [2.75, 3.05) is 31.1 Å². The van der Waals surface area contributed by atoms with Gasteiger partial charge >= 0.3 is 6.09 Å². The van der Waals surface area contributed by atoms with E-state index in [1.54, 1.807) is 4.90 Å². The van der Waals surface area contributed by atoms with E-state index < -0.39 is 10.5 Å². The molecule has 120 valence electrons. The molecular weight excluding hydrogens is 288 g/mol. The maximum atomic E-state index is 12.0. The molecule has 8 heteroatoms. The lowest BCUT2D eigenvalue weighted by Gasteiger charge is -2.36. The van der Waals surface area contributed by atoms with E-state index in [1.807, 2.05) is 25.7 Å². The van der Waals surface area contributed by atoms with Gasteiger partial charge in [-0.1, -0.05) is 0 Å². The highest BCUT2D eigenvalue weighted by Crippen LogP contribution is 2.27. The standard InChI is InChI=1S/C14H20N4O4/c1-14(2,3)22-13(19)17-8-6-16(7-9-17)12-10-15-5-4-11(12)18(20)21/h4-5,10H,6-9H2,1-3H3. The number of ether oxygens (including phenoxy) is 1. The Morgan fingerprint density at radius 3 is 2.50 bits per heavy atom. The van der Waals surface area contributed by atoms with Crippen molar-refractivity contribution < 1.29 is 14.5 Å². The van der Waals surface area contributed by atoms with Crippen molar-refractivity contribution >= 4 is 17.5 Å². The average molecular weight is 308 g/mol. The number of aromatic nitrogens is 1. The predicted molar refractivity (Wildman–Crippen MR) is 80.9 cm³/mol. The van der Waals surface area contributed by atoms with Crippen molar-refractivity contribution in [3.8, 4) is 0 Å². The number of nitro groups is 1. The first-order valence-corrected chi connectivity index (χ1v) is 7.09. The number of amides is 1. The van der Waals surface area contributed by atoms with Crippen molar-refractivity contribution in [2.45, 2.75) is 26.4 Å². The number of hydrogen-bond acceptors (Lipinski definition) is 6. The fourth-order valence-corrected chi connectivity index (χ4v) is 2.23. The average Bonchev–Trinajstić information content (AvgIpc) is 2.45. The van der Waals surface area contributed by atoms with E-state index in [-0.39, 0.29) is 11.8 Å². The minimum Gasteiger partial charge on any atom is -0.444 e. The predicted octanol–water partition coefficient (Wildman–Crippen LogP) is 2.05. The molecule has 2 rings (SSSR count). The van der Waals surface area contributed by atoms with Crippen LogP contribution in [0.2, 0.25) is 0 Å². The van der Waals surface area contributed by atoms with Crippen LogP contribution in [0.25, 0.3) is 0 Å². The summed E-state index contributed by atoms with van der Waals surface area (Å²) in [7, 11) is 0. The van der Waals surface area contributed by atoms with Crippen molar-refractivity contribution in [1.82, 2.24) is 9.88 Å². The van der Waals surface area contributed by atoms with E-state index in [2.05, 4.69) is 4.98 Å². The number of pyridine rings is 1. The molecule has 0 bridgehead atoms. The molecule has 1 amide bonds. The minimum absolute atomic E-state index is 0.0284. The van der Waals surface area contributed by atoms with Crippen LogP contribution in [0.1, 0.15) is 20.8 Å². The quantitative estimate of drug-likeness (QED) is 0.613. The lowest BCUT2D eigenvalue weighted by molar-refractivity contribution is -0.384. The maximum Gasteiger partial charge on any atom is 0.410 e. The summed E-state index contributed by atoms with van der Waals surface area (Å²) in [6.07, 6.45) is 2.53. The lowest BCUT2D eigenvalue weighted by atomic mass is 10.2. The summed E-state index contributed by atoms with van der Waals surface area (Å²) in [4.78, 5) is 30.1. The number of nitrogens with zero attached hydrogens (tertiary/aromatic N) is 4. The van der Waals surface area contributed by atoms with Gasteiger partial charge in [0.25, 0.3) is 5.69 Å². The Hall–Kier alpha value is -2.38. The van der Waals surface area contributed by atoms with Crippen LogP contribution in [-0.2, 0) is 4.74 Å². The first-order chi connectivity index (χ1) is 10.3. The smallest absolute Gasteiger partial charge is 0.410 e. The molecule has 8 nitrogen and oxygen atoms in total. The van der Waals surface area contributed by atoms with Crippen LogP contribution in [0, 0.1) is 10.1 Å². The van der Waals surface area contributed by atoms with Gasteiger partial charge in [-0.3, -0.25) is 15.1 Å². The second kappa shape index (κ2) is 6.17. The fraction of sp³-hybridized carbons (Fsp3) is 0.571. The number of anilines is 1. The molecule has 2 heterocycles. The summed E-state index contributed by atoms with van der Waals surface area (Å²) in [5.41, 5.74) is -0.0202. The monoisotopic (exact) mass is 308 g/mol. The zero-order chi connectivity index (χ0) is 16.3. The second-order valence-corrected chi connectivity index (χ2v) is 6.08. The van der Waals surface area contributed by atoms with Crippen molar-refractivity contribution in [2.24, 2.45) is 0 Å². The van der Waals surface area contributed by atoms with Gasteiger partial charge in [0.2, 0.25) is 0 Å². The molecule has 1 aliphatic rings. The van der Waals surface area contributed by atoms with Crippen molar-refractivity contribution in [3.63, 3.8) is 0 Å². The molecular formula is C14H20N4O4. The van der Waals surface area contributed by atoms with E-state index in [0.29, 0.717) is 31.9 Å². The van der Waals surface area contributed by atoms with Gasteiger partial charge in [-0.15, -0.1) is 0 Å². The van der Waals surface area contributed by atoms with Gasteiger partial charge < -0.3 is 14.5 Å². The Kier molecular flexibility index (Phi) is 4.48. The van der Waals surface area contributed by atoms with Gasteiger partial charge in [0.15, 0.2) is 0 Å². The molecule has 1 aliphatic heterocycles. The molecule has 0 unspecified atom stereocenters. The Bertz CT molecular complexity index is 562. The molecule has 0 N–H and O–H groups in total. The number of carbonyl (C=O) groups excluding carboxylic acids is 1. The largest absolute Gasteiger partial charge is 0.444 e. The van der Waals surface area contributed by atoms with Crippen LogP contribution in [0.15, 0.2) is 18.5 Å². The Balaban J connectivity index is 2.01. The molecule has 1 aromatic rings. The van der Waals surface area contributed by atoms with Crippen LogP contribution in [-0.4, -0.2) is 52.7 Å². The third-order valence-electron chi connectivity index (χ3n) is 3.25. The number of piperazine rings is 1. The van der Waals surface area contributed by atoms with Gasteiger partial charge in [-0.2, -0.15) is 0 Å². The highest BCUT2D eigenvalue weighted by atomic mass is 16.6. The summed E-state index contributed by atoms with van der Waals surface area (Å²) in [6.45, 7) is 7.39. The van der Waals surface area contributed by atoms with Crippen LogP contribution in [0.5, 0.6) is 0 Å². The highest BCUT2D eigenvalue weighted by Gasteiger charge is 2.28. The number of rotatable bonds is 2. The number of carbonyl (C=O) groups is 1. The maximum absolute atomic E-state index is 12.0. The summed E-state index contributed by atoms with van der Waals surface area (Å²) >= 11 is 0. The molecule has 0 aromatic carbocycles. The van der Waals surface area contributed by atoms with Crippen LogP contribution in [0.4, 0.5) is 16.2 Å². The molecule has 0 spiro atoms. The van der Waals surface area contributed by atoms with Crippen molar-refractivity contribution in [1.29, 1.82) is 0 Å². The molecule has 0 saturated carbocycles. The third-order valence-corrected chi connectivity index (χ3v) is 3.25. The Labute approximate surface area is 128 Å². The molecule has 1 fully saturated rings. The van der Waals surface area contributed by atoms with Gasteiger partial charge in [-0.05, 0) is 20.8 Å². The molecule has 1 aromatic heterocycles. The normalized spacial score (nSPS) is 15.6. The molecule has 22 heavy (non-hydrogen) atoms. The van der Waals surface area contributed by atoms with Gasteiger partial charge in [0.05, 0.1) is 11.1 Å². The minimum atomic E-state index is -0.531. The second-order valence-electron chi connectivity index (χ2n) is 6.08. The van der Waals surface area contributed by atoms with E-state index in [4.69, 9.17) is 4.74 Å². The fourth-order valence-electron chi connectivity index (χ4n) is 2.23. The topological polar surface area (TPSA) is 88.8 Å². The number of hydrogen-bond donors (Lipinski definition) is 0. The molecule has 0 aliphatic carbocycles. The SMILES string of the molecule is CC(C)(C)OC(=O)N1CCN(c2cnccc2[N+](=O)[O-])CC1. The Morgan fingerprint density at radius 2 is 1.95 bits per heavy atom. The summed E-state index contributed by atoms with van der Waals surface area (Å²) in [5.74, 6) is 0. The van der Waals surface area contributed by atoms with E-state index in [1.165, 1.54) is 18.5 Å². The first-order valence-electron chi connectivity index (χ1n) is 7.09. The zero-order valence-electron chi connectivity index (χ0n) is 13.0. The van der Waals surface area contributed by atoms with E-state index in [9.17, 15) is 14.9 Å². The van der Waals surface area contributed by atoms with Crippen LogP contribution in [0.3, 0.4) is 0 Å². The molecule has 1 saturated heterocycles. The third kappa shape index (κ3) is 3.84. The summed E-state index contributed by atoms with van der Waals surface area (Å²) < 4.78 is 5.33. The Morgan fingerprint density at radius 1 is 1.32 bits per heavy atom. The highest BCUT2D eigenvalue weighted by molar-refractivity contribution is 5.69. The van der Waals surface area contributed by atoms with Gasteiger partial charge in [-0.25, -0.2) is 4.79 Å². The van der Waals surface area contributed by atoms with Gasteiger partial charge in [0.1, 0.15) is 11.3 Å². The van der Waals surface area contributed by atoms with Gasteiger partial charge in [0, 0.05) is 38.4 Å². The summed E-state index contributed by atoms with van der Waals surface area (Å²) in [6, 6.07) is 1.38.